The van der Waals surface area contributed by atoms with Gasteiger partial charge in [-0.15, -0.1) is 0 Å². The quantitative estimate of drug-likeness (QED) is 0.726. The summed E-state index contributed by atoms with van der Waals surface area (Å²) in [5.41, 5.74) is 3.95. The number of nitrogens with one attached hydrogen (secondary N) is 1. The minimum Gasteiger partial charge on any atom is -0.329 e. The van der Waals surface area contributed by atoms with Gasteiger partial charge in [0.05, 0.1) is 11.6 Å². The van der Waals surface area contributed by atoms with E-state index in [-0.39, 0.29) is 6.04 Å². The molecule has 0 spiro atoms. The summed E-state index contributed by atoms with van der Waals surface area (Å²) in [6, 6.07) is 8.08. The Balaban J connectivity index is 2.22. The second-order valence-electron chi connectivity index (χ2n) is 4.59. The Morgan fingerprint density at radius 2 is 2.16 bits per heavy atom. The van der Waals surface area contributed by atoms with Crippen molar-refractivity contribution < 1.29 is 0 Å². The predicted octanol–water partition coefficient (Wildman–Crippen LogP) is 3.41. The first-order valence-electron chi connectivity index (χ1n) is 6.14. The van der Waals surface area contributed by atoms with E-state index in [9.17, 15) is 0 Å². The molecule has 0 saturated carbocycles. The van der Waals surface area contributed by atoms with E-state index in [1.807, 2.05) is 42.0 Å². The summed E-state index contributed by atoms with van der Waals surface area (Å²) >= 11 is 5.42. The Hall–Kier alpha value is -2.01. The molecular formula is C14H14N4S. The molecule has 19 heavy (non-hydrogen) atoms. The molecule has 1 unspecified atom stereocenters. The molecule has 4 nitrogen and oxygen atoms in total. The monoisotopic (exact) mass is 270 g/mol. The summed E-state index contributed by atoms with van der Waals surface area (Å²) in [7, 11) is 0. The van der Waals surface area contributed by atoms with Gasteiger partial charge < -0.3 is 4.98 Å². The average molecular weight is 270 g/mol. The van der Waals surface area contributed by atoms with E-state index in [1.165, 1.54) is 0 Å². The Kier molecular flexibility index (Phi) is 2.91. The number of H-pyrrole nitrogens is 1. The number of rotatable bonds is 2. The SMILES string of the molecule is Cc1ccc2[nH]c(=S)n(C(C)c3cccnc3)c2n1. The maximum absolute atomic E-state index is 5.42. The number of fused-ring (bicyclic) bond motifs is 1. The van der Waals surface area contributed by atoms with Gasteiger partial charge in [0.25, 0.3) is 0 Å². The highest BCUT2D eigenvalue weighted by molar-refractivity contribution is 7.71. The van der Waals surface area contributed by atoms with Crippen LogP contribution in [0.1, 0.15) is 24.2 Å². The molecule has 5 heteroatoms. The van der Waals surface area contributed by atoms with Crippen LogP contribution in [0.25, 0.3) is 11.2 Å². The molecule has 3 heterocycles. The largest absolute Gasteiger partial charge is 0.329 e. The van der Waals surface area contributed by atoms with Crippen LogP contribution in [-0.4, -0.2) is 19.5 Å². The molecule has 0 aromatic carbocycles. The van der Waals surface area contributed by atoms with E-state index in [0.717, 1.165) is 22.4 Å². The van der Waals surface area contributed by atoms with E-state index in [2.05, 4.69) is 21.9 Å². The minimum absolute atomic E-state index is 0.101. The Labute approximate surface area is 116 Å². The summed E-state index contributed by atoms with van der Waals surface area (Å²) in [5, 5.41) is 0. The van der Waals surface area contributed by atoms with E-state index < -0.39 is 0 Å². The smallest absolute Gasteiger partial charge is 0.179 e. The standard InChI is InChI=1S/C14H14N4S/c1-9-5-6-12-13(16-9)18(14(19)17-12)10(2)11-4-3-7-15-8-11/h3-8,10H,1-2H3,(H,17,19). The topological polar surface area (TPSA) is 46.5 Å². The molecule has 0 bridgehead atoms. The molecule has 0 fully saturated rings. The van der Waals surface area contributed by atoms with Gasteiger partial charge in [0.2, 0.25) is 0 Å². The Bertz CT molecular complexity index is 773. The van der Waals surface area contributed by atoms with Crippen molar-refractivity contribution in [2.75, 3.05) is 0 Å². The lowest BCUT2D eigenvalue weighted by Crippen LogP contribution is -2.08. The third kappa shape index (κ3) is 2.06. The van der Waals surface area contributed by atoms with Crippen molar-refractivity contribution in [1.82, 2.24) is 19.5 Å². The summed E-state index contributed by atoms with van der Waals surface area (Å²) < 4.78 is 2.72. The Morgan fingerprint density at radius 1 is 1.32 bits per heavy atom. The van der Waals surface area contributed by atoms with Crippen LogP contribution in [0.2, 0.25) is 0 Å². The maximum Gasteiger partial charge on any atom is 0.179 e. The lowest BCUT2D eigenvalue weighted by Gasteiger charge is -2.14. The highest BCUT2D eigenvalue weighted by Crippen LogP contribution is 2.22. The average Bonchev–Trinajstić information content (AvgIpc) is 2.74. The van der Waals surface area contributed by atoms with Crippen LogP contribution in [-0.2, 0) is 0 Å². The summed E-state index contributed by atoms with van der Waals surface area (Å²) in [4.78, 5) is 12.0. The number of imidazole rings is 1. The first-order chi connectivity index (χ1) is 9.16. The second-order valence-corrected chi connectivity index (χ2v) is 4.97. The molecule has 3 aromatic rings. The molecule has 96 valence electrons. The number of pyridine rings is 2. The third-order valence-electron chi connectivity index (χ3n) is 3.26. The van der Waals surface area contributed by atoms with Crippen LogP contribution in [0.15, 0.2) is 36.7 Å². The lowest BCUT2D eigenvalue weighted by molar-refractivity contribution is 0.641. The van der Waals surface area contributed by atoms with Crippen molar-refractivity contribution in [1.29, 1.82) is 0 Å². The summed E-state index contributed by atoms with van der Waals surface area (Å²) in [6.07, 6.45) is 3.63. The zero-order valence-corrected chi connectivity index (χ0v) is 11.6. The van der Waals surface area contributed by atoms with Crippen LogP contribution >= 0.6 is 12.2 Å². The van der Waals surface area contributed by atoms with Crippen molar-refractivity contribution in [2.24, 2.45) is 0 Å². The molecule has 0 saturated heterocycles. The second kappa shape index (κ2) is 4.59. The van der Waals surface area contributed by atoms with Gasteiger partial charge in [-0.05, 0) is 49.8 Å². The fraction of sp³-hybridized carbons (Fsp3) is 0.214. The van der Waals surface area contributed by atoms with Gasteiger partial charge in [0.15, 0.2) is 10.4 Å². The van der Waals surface area contributed by atoms with Gasteiger partial charge in [-0.3, -0.25) is 9.55 Å². The summed E-state index contributed by atoms with van der Waals surface area (Å²) in [5.74, 6) is 0. The summed E-state index contributed by atoms with van der Waals surface area (Å²) in [6.45, 7) is 4.08. The van der Waals surface area contributed by atoms with Crippen molar-refractivity contribution in [2.45, 2.75) is 19.9 Å². The van der Waals surface area contributed by atoms with Gasteiger partial charge in [-0.1, -0.05) is 6.07 Å². The van der Waals surface area contributed by atoms with Crippen molar-refractivity contribution in [3.8, 4) is 0 Å². The van der Waals surface area contributed by atoms with E-state index in [4.69, 9.17) is 12.2 Å². The molecule has 0 radical (unpaired) electrons. The molecule has 3 aromatic heterocycles. The molecule has 1 N–H and O–H groups in total. The minimum atomic E-state index is 0.101. The zero-order chi connectivity index (χ0) is 13.4. The number of nitrogens with zero attached hydrogens (tertiary/aromatic N) is 3. The van der Waals surface area contributed by atoms with Gasteiger partial charge in [0, 0.05) is 18.1 Å². The van der Waals surface area contributed by atoms with Gasteiger partial charge in [-0.2, -0.15) is 0 Å². The number of aromatic nitrogens is 4. The number of aryl methyl sites for hydroxylation is 1. The molecule has 0 aliphatic heterocycles. The molecule has 0 aliphatic rings. The van der Waals surface area contributed by atoms with Crippen LogP contribution in [0, 0.1) is 11.7 Å². The molecular weight excluding hydrogens is 256 g/mol. The fourth-order valence-corrected chi connectivity index (χ4v) is 2.58. The molecule has 3 rings (SSSR count). The lowest BCUT2D eigenvalue weighted by atomic mass is 10.1. The first-order valence-corrected chi connectivity index (χ1v) is 6.55. The molecule has 0 amide bonds. The highest BCUT2D eigenvalue weighted by atomic mass is 32.1. The normalized spacial score (nSPS) is 12.7. The van der Waals surface area contributed by atoms with Crippen molar-refractivity contribution in [3.63, 3.8) is 0 Å². The Morgan fingerprint density at radius 3 is 2.89 bits per heavy atom. The van der Waals surface area contributed by atoms with Gasteiger partial charge >= 0.3 is 0 Å². The predicted molar refractivity (Wildman–Crippen MR) is 77.7 cm³/mol. The number of hydrogen-bond donors (Lipinski definition) is 1. The van der Waals surface area contributed by atoms with E-state index >= 15 is 0 Å². The fourth-order valence-electron chi connectivity index (χ4n) is 2.23. The first kappa shape index (κ1) is 12.0. The van der Waals surface area contributed by atoms with Gasteiger partial charge in [0.1, 0.15) is 0 Å². The van der Waals surface area contributed by atoms with Crippen LogP contribution < -0.4 is 0 Å². The third-order valence-corrected chi connectivity index (χ3v) is 3.56. The van der Waals surface area contributed by atoms with Gasteiger partial charge in [-0.25, -0.2) is 4.98 Å². The zero-order valence-electron chi connectivity index (χ0n) is 10.8. The van der Waals surface area contributed by atoms with Crippen LogP contribution in [0.5, 0.6) is 0 Å². The van der Waals surface area contributed by atoms with E-state index in [1.54, 1.807) is 6.20 Å². The van der Waals surface area contributed by atoms with E-state index in [0.29, 0.717) is 4.77 Å². The number of aromatic amines is 1. The van der Waals surface area contributed by atoms with Crippen LogP contribution in [0.4, 0.5) is 0 Å². The molecule has 1 atom stereocenters. The van der Waals surface area contributed by atoms with Crippen molar-refractivity contribution >= 4 is 23.4 Å². The highest BCUT2D eigenvalue weighted by Gasteiger charge is 2.14. The van der Waals surface area contributed by atoms with Crippen molar-refractivity contribution in [3.05, 3.63) is 52.7 Å². The number of hydrogen-bond acceptors (Lipinski definition) is 3. The molecule has 0 aliphatic carbocycles. The maximum atomic E-state index is 5.42. The van der Waals surface area contributed by atoms with Crippen LogP contribution in [0.3, 0.4) is 0 Å².